The second-order valence-corrected chi connectivity index (χ2v) is 5.70. The number of nitro benzene ring substituents is 1. The Morgan fingerprint density at radius 3 is 2.68 bits per heavy atom. The zero-order valence-corrected chi connectivity index (χ0v) is 10.7. The van der Waals surface area contributed by atoms with Gasteiger partial charge in [0.15, 0.2) is 4.90 Å². The van der Waals surface area contributed by atoms with E-state index in [1.54, 1.807) is 0 Å². The Morgan fingerprint density at radius 1 is 1.47 bits per heavy atom. The van der Waals surface area contributed by atoms with E-state index in [-0.39, 0.29) is 6.54 Å². The van der Waals surface area contributed by atoms with Crippen LogP contribution in [0, 0.1) is 10.1 Å². The molecule has 1 aliphatic rings. The number of carbonyl (C=O) groups excluding carboxylic acids is 1. The quantitative estimate of drug-likeness (QED) is 0.337. The van der Waals surface area contributed by atoms with Crippen molar-refractivity contribution in [2.75, 3.05) is 13.7 Å². The average molecular weight is 286 g/mol. The third kappa shape index (κ3) is 2.29. The second-order valence-electron chi connectivity index (χ2n) is 3.84. The van der Waals surface area contributed by atoms with Crippen LogP contribution in [0.1, 0.15) is 0 Å². The first-order chi connectivity index (χ1) is 8.89. The first kappa shape index (κ1) is 13.4. The number of carbonyl (C=O) groups is 1. The third-order valence-corrected chi connectivity index (χ3v) is 4.61. The first-order valence-electron chi connectivity index (χ1n) is 5.22. The van der Waals surface area contributed by atoms with Crippen molar-refractivity contribution in [3.63, 3.8) is 0 Å². The van der Waals surface area contributed by atoms with Gasteiger partial charge in [-0.2, -0.15) is 4.31 Å². The van der Waals surface area contributed by atoms with Crippen LogP contribution in [0.5, 0.6) is 0 Å². The molecule has 0 aliphatic carbocycles. The molecule has 0 spiro atoms. The topological polar surface area (TPSA) is 107 Å². The minimum absolute atomic E-state index is 0.0267. The Hall–Kier alpha value is -2.00. The van der Waals surface area contributed by atoms with Crippen molar-refractivity contribution in [2.24, 2.45) is 0 Å². The van der Waals surface area contributed by atoms with Gasteiger partial charge < -0.3 is 4.74 Å². The van der Waals surface area contributed by atoms with Gasteiger partial charge in [0.25, 0.3) is 15.7 Å². The molecule has 0 aromatic heterocycles. The Bertz CT molecular complexity index is 641. The predicted molar refractivity (Wildman–Crippen MR) is 62.8 cm³/mol. The first-order valence-corrected chi connectivity index (χ1v) is 6.66. The van der Waals surface area contributed by atoms with Gasteiger partial charge >= 0.3 is 5.97 Å². The SMILES string of the molecule is COC(=O)C1CN1S(=O)(=O)c1ccccc1[N+](=O)[O-]. The summed E-state index contributed by atoms with van der Waals surface area (Å²) in [5, 5.41) is 10.8. The predicted octanol–water partition coefficient (Wildman–Crippen LogP) is 0.141. The highest BCUT2D eigenvalue weighted by atomic mass is 32.2. The van der Waals surface area contributed by atoms with Crippen LogP contribution >= 0.6 is 0 Å². The van der Waals surface area contributed by atoms with Crippen LogP contribution in [-0.2, 0) is 19.6 Å². The number of rotatable bonds is 4. The van der Waals surface area contributed by atoms with E-state index in [2.05, 4.69) is 4.74 Å². The summed E-state index contributed by atoms with van der Waals surface area (Å²) in [5.41, 5.74) is -0.516. The highest BCUT2D eigenvalue weighted by molar-refractivity contribution is 7.89. The van der Waals surface area contributed by atoms with Crippen LogP contribution in [0.25, 0.3) is 0 Å². The molecule has 1 aromatic rings. The van der Waals surface area contributed by atoms with E-state index in [0.717, 1.165) is 23.5 Å². The van der Waals surface area contributed by atoms with E-state index in [9.17, 15) is 23.3 Å². The summed E-state index contributed by atoms with van der Waals surface area (Å²) in [6, 6.07) is 4.10. The number of methoxy groups -OCH3 is 1. The van der Waals surface area contributed by atoms with Crippen molar-refractivity contribution in [3.05, 3.63) is 34.4 Å². The van der Waals surface area contributed by atoms with Gasteiger partial charge in [-0.05, 0) is 6.07 Å². The largest absolute Gasteiger partial charge is 0.468 e. The number of ether oxygens (including phenoxy) is 1. The lowest BCUT2D eigenvalue weighted by molar-refractivity contribution is -0.387. The molecule has 0 amide bonds. The Kier molecular flexibility index (Phi) is 3.25. The van der Waals surface area contributed by atoms with Gasteiger partial charge in [-0.25, -0.2) is 8.42 Å². The number of para-hydroxylation sites is 1. The number of hydrogen-bond donors (Lipinski definition) is 0. The van der Waals surface area contributed by atoms with E-state index < -0.39 is 37.5 Å². The summed E-state index contributed by atoms with van der Waals surface area (Å²) in [6.45, 7) is -0.0267. The fourth-order valence-electron chi connectivity index (χ4n) is 1.67. The molecule has 0 N–H and O–H groups in total. The molecule has 0 radical (unpaired) electrons. The van der Waals surface area contributed by atoms with Gasteiger partial charge in [-0.15, -0.1) is 0 Å². The second kappa shape index (κ2) is 4.59. The molecular weight excluding hydrogens is 276 g/mol. The van der Waals surface area contributed by atoms with Crippen molar-refractivity contribution >= 4 is 21.7 Å². The highest BCUT2D eigenvalue weighted by Gasteiger charge is 2.51. The average Bonchev–Trinajstić information content (AvgIpc) is 3.18. The number of sulfonamides is 1. The number of nitrogens with zero attached hydrogens (tertiary/aromatic N) is 2. The number of nitro groups is 1. The Balaban J connectivity index is 2.38. The fraction of sp³-hybridized carbons (Fsp3) is 0.300. The van der Waals surface area contributed by atoms with Gasteiger partial charge in [0.2, 0.25) is 0 Å². The molecule has 1 aliphatic heterocycles. The molecule has 19 heavy (non-hydrogen) atoms. The molecule has 1 saturated heterocycles. The summed E-state index contributed by atoms with van der Waals surface area (Å²) in [7, 11) is -2.91. The van der Waals surface area contributed by atoms with Gasteiger partial charge in [0.1, 0.15) is 6.04 Å². The van der Waals surface area contributed by atoms with E-state index in [4.69, 9.17) is 0 Å². The van der Waals surface area contributed by atoms with E-state index in [1.165, 1.54) is 12.1 Å². The van der Waals surface area contributed by atoms with Crippen molar-refractivity contribution in [2.45, 2.75) is 10.9 Å². The normalized spacial score (nSPS) is 21.7. The van der Waals surface area contributed by atoms with Crippen molar-refractivity contribution < 1.29 is 22.9 Å². The monoisotopic (exact) mass is 286 g/mol. The molecule has 2 rings (SSSR count). The summed E-state index contributed by atoms with van der Waals surface area (Å²) in [6.07, 6.45) is 0. The molecule has 1 fully saturated rings. The van der Waals surface area contributed by atoms with Crippen LogP contribution in [0.15, 0.2) is 29.2 Å². The van der Waals surface area contributed by atoms with Crippen molar-refractivity contribution in [1.29, 1.82) is 0 Å². The molecule has 1 aromatic carbocycles. The summed E-state index contributed by atoms with van der Waals surface area (Å²) in [4.78, 5) is 20.8. The third-order valence-electron chi connectivity index (χ3n) is 2.69. The van der Waals surface area contributed by atoms with Crippen LogP contribution in [0.3, 0.4) is 0 Å². The van der Waals surface area contributed by atoms with Crippen molar-refractivity contribution in [1.82, 2.24) is 4.31 Å². The minimum atomic E-state index is -4.05. The summed E-state index contributed by atoms with van der Waals surface area (Å²) >= 11 is 0. The maximum absolute atomic E-state index is 12.2. The molecule has 2 unspecified atom stereocenters. The zero-order chi connectivity index (χ0) is 14.2. The van der Waals surface area contributed by atoms with Crippen LogP contribution in [-0.4, -0.2) is 43.3 Å². The molecule has 102 valence electrons. The molecule has 2 atom stereocenters. The molecular formula is C10H10N2O6S. The van der Waals surface area contributed by atoms with Gasteiger partial charge in [-0.1, -0.05) is 12.1 Å². The van der Waals surface area contributed by atoms with E-state index in [1.807, 2.05) is 0 Å². The van der Waals surface area contributed by atoms with Crippen LogP contribution in [0.4, 0.5) is 5.69 Å². The van der Waals surface area contributed by atoms with Gasteiger partial charge in [-0.3, -0.25) is 14.9 Å². The van der Waals surface area contributed by atoms with Gasteiger partial charge in [0, 0.05) is 12.6 Å². The zero-order valence-electron chi connectivity index (χ0n) is 9.85. The van der Waals surface area contributed by atoms with Crippen LogP contribution < -0.4 is 0 Å². The molecule has 1 heterocycles. The van der Waals surface area contributed by atoms with E-state index >= 15 is 0 Å². The van der Waals surface area contributed by atoms with Crippen molar-refractivity contribution in [3.8, 4) is 0 Å². The lowest BCUT2D eigenvalue weighted by Crippen LogP contribution is -2.21. The van der Waals surface area contributed by atoms with E-state index in [0.29, 0.717) is 0 Å². The lowest BCUT2D eigenvalue weighted by atomic mass is 10.3. The number of esters is 1. The summed E-state index contributed by atoms with van der Waals surface area (Å²) < 4.78 is 29.6. The molecule has 9 heteroatoms. The summed E-state index contributed by atoms with van der Waals surface area (Å²) in [5.74, 6) is -0.679. The maximum atomic E-state index is 12.2. The van der Waals surface area contributed by atoms with Crippen LogP contribution in [0.2, 0.25) is 0 Å². The lowest BCUT2D eigenvalue weighted by Gasteiger charge is -2.06. The molecule has 8 nitrogen and oxygen atoms in total. The fourth-order valence-corrected chi connectivity index (χ4v) is 3.34. The molecule has 0 saturated carbocycles. The Labute approximate surface area is 108 Å². The maximum Gasteiger partial charge on any atom is 0.325 e. The van der Waals surface area contributed by atoms with Gasteiger partial charge in [0.05, 0.1) is 12.0 Å². The number of hydrogen-bond acceptors (Lipinski definition) is 6. The smallest absolute Gasteiger partial charge is 0.325 e. The minimum Gasteiger partial charge on any atom is -0.468 e. The number of benzene rings is 1. The molecule has 0 bridgehead atoms. The Morgan fingerprint density at radius 2 is 2.11 bits per heavy atom. The standard InChI is InChI=1S/C10H10N2O6S/c1-18-10(13)8-6-11(8)19(16,17)9-5-3-2-4-7(9)12(14)15/h2-5,8H,6H2,1H3. The highest BCUT2D eigenvalue weighted by Crippen LogP contribution is 2.33.